The zero-order valence-corrected chi connectivity index (χ0v) is 10.7. The van der Waals surface area contributed by atoms with E-state index in [1.54, 1.807) is 31.4 Å². The molecule has 0 fully saturated rings. The molecule has 19 heavy (non-hydrogen) atoms. The third kappa shape index (κ3) is 5.39. The van der Waals surface area contributed by atoms with Crippen LogP contribution in [0.3, 0.4) is 0 Å². The fourth-order valence-corrected chi connectivity index (χ4v) is 1.39. The summed E-state index contributed by atoms with van der Waals surface area (Å²) in [6.07, 6.45) is -0.113. The van der Waals surface area contributed by atoms with E-state index >= 15 is 0 Å². The lowest BCUT2D eigenvalue weighted by Crippen LogP contribution is -2.26. The van der Waals surface area contributed by atoms with E-state index in [1.165, 1.54) is 0 Å². The first kappa shape index (κ1) is 15.0. The number of carboxylic acids is 1. The molecule has 0 unspecified atom stereocenters. The second kappa shape index (κ2) is 8.10. The van der Waals surface area contributed by atoms with Crippen molar-refractivity contribution in [3.63, 3.8) is 0 Å². The Kier molecular flexibility index (Phi) is 6.38. The van der Waals surface area contributed by atoms with Crippen molar-refractivity contribution in [2.45, 2.75) is 6.42 Å². The molecule has 6 nitrogen and oxygen atoms in total. The predicted molar refractivity (Wildman–Crippen MR) is 68.4 cm³/mol. The molecule has 1 aromatic rings. The molecule has 0 saturated carbocycles. The van der Waals surface area contributed by atoms with Crippen LogP contribution in [-0.4, -0.2) is 43.9 Å². The monoisotopic (exact) mass is 267 g/mol. The number of carbonyl (C=O) groups excluding carboxylic acids is 1. The van der Waals surface area contributed by atoms with Crippen LogP contribution in [0.5, 0.6) is 5.75 Å². The Bertz CT molecular complexity index is 433. The number of nitrogens with one attached hydrogen (secondary N) is 1. The lowest BCUT2D eigenvalue weighted by molar-refractivity contribution is -0.136. The second-order valence-corrected chi connectivity index (χ2v) is 3.74. The van der Waals surface area contributed by atoms with E-state index in [9.17, 15) is 9.59 Å². The second-order valence-electron chi connectivity index (χ2n) is 3.74. The number of aliphatic carboxylic acids is 1. The van der Waals surface area contributed by atoms with Gasteiger partial charge in [-0.1, -0.05) is 12.1 Å². The fraction of sp³-hybridized carbons (Fsp3) is 0.385. The summed E-state index contributed by atoms with van der Waals surface area (Å²) in [5.41, 5.74) is 0.379. The molecule has 0 bridgehead atoms. The van der Waals surface area contributed by atoms with Crippen LogP contribution in [0.25, 0.3) is 0 Å². The standard InChI is InChI=1S/C13H17NO5/c1-18-8-9-19-11-5-3-2-4-10(11)13(17)14-7-6-12(15)16/h2-5H,6-9H2,1H3,(H,14,17)(H,15,16). The quantitative estimate of drug-likeness (QED) is 0.684. The highest BCUT2D eigenvalue weighted by Crippen LogP contribution is 2.17. The molecule has 0 heterocycles. The first-order chi connectivity index (χ1) is 9.15. The van der Waals surface area contributed by atoms with Crippen molar-refractivity contribution < 1.29 is 24.2 Å². The third-order valence-corrected chi connectivity index (χ3v) is 2.30. The molecule has 0 atom stereocenters. The van der Waals surface area contributed by atoms with Crippen molar-refractivity contribution in [1.82, 2.24) is 5.32 Å². The molecule has 0 aliphatic carbocycles. The number of rotatable bonds is 8. The van der Waals surface area contributed by atoms with E-state index in [0.717, 1.165) is 0 Å². The van der Waals surface area contributed by atoms with E-state index in [2.05, 4.69) is 5.32 Å². The molecule has 1 rings (SSSR count). The number of hydrogen-bond donors (Lipinski definition) is 2. The maximum absolute atomic E-state index is 11.9. The van der Waals surface area contributed by atoms with E-state index in [1.807, 2.05) is 0 Å². The highest BCUT2D eigenvalue weighted by molar-refractivity contribution is 5.97. The van der Waals surface area contributed by atoms with Crippen LogP contribution in [0.4, 0.5) is 0 Å². The summed E-state index contributed by atoms with van der Waals surface area (Å²) in [5, 5.41) is 11.0. The summed E-state index contributed by atoms with van der Waals surface area (Å²) >= 11 is 0. The minimum atomic E-state index is -0.954. The Hall–Kier alpha value is -2.08. The van der Waals surface area contributed by atoms with E-state index in [4.69, 9.17) is 14.6 Å². The van der Waals surface area contributed by atoms with Gasteiger partial charge >= 0.3 is 5.97 Å². The van der Waals surface area contributed by atoms with Gasteiger partial charge in [0.1, 0.15) is 12.4 Å². The van der Waals surface area contributed by atoms with Crippen LogP contribution in [0.2, 0.25) is 0 Å². The van der Waals surface area contributed by atoms with E-state index in [0.29, 0.717) is 24.5 Å². The number of methoxy groups -OCH3 is 1. The summed E-state index contributed by atoms with van der Waals surface area (Å²) in [6, 6.07) is 6.78. The zero-order chi connectivity index (χ0) is 14.1. The molecule has 6 heteroatoms. The minimum absolute atomic E-state index is 0.0839. The number of hydrogen-bond acceptors (Lipinski definition) is 4. The van der Waals surface area contributed by atoms with Gasteiger partial charge in [-0.25, -0.2) is 0 Å². The SMILES string of the molecule is COCCOc1ccccc1C(=O)NCCC(=O)O. The maximum Gasteiger partial charge on any atom is 0.305 e. The number of carbonyl (C=O) groups is 2. The molecule has 104 valence electrons. The molecule has 2 N–H and O–H groups in total. The molecule has 0 spiro atoms. The van der Waals surface area contributed by atoms with Crippen molar-refractivity contribution in [3.8, 4) is 5.75 Å². The van der Waals surface area contributed by atoms with Gasteiger partial charge < -0.3 is 19.9 Å². The van der Waals surface area contributed by atoms with Gasteiger partial charge in [0.25, 0.3) is 5.91 Å². The molecule has 0 aliphatic rings. The van der Waals surface area contributed by atoms with Crippen molar-refractivity contribution in [2.24, 2.45) is 0 Å². The van der Waals surface area contributed by atoms with Gasteiger partial charge in [0.15, 0.2) is 0 Å². The van der Waals surface area contributed by atoms with Crippen LogP contribution >= 0.6 is 0 Å². The molecule has 0 aromatic heterocycles. The number of para-hydroxylation sites is 1. The van der Waals surface area contributed by atoms with Gasteiger partial charge in [-0.2, -0.15) is 0 Å². The molecular formula is C13H17NO5. The zero-order valence-electron chi connectivity index (χ0n) is 10.7. The molecule has 0 saturated heterocycles. The number of carboxylic acid groups (broad SMARTS) is 1. The van der Waals surface area contributed by atoms with E-state index in [-0.39, 0.29) is 18.9 Å². The molecule has 0 radical (unpaired) electrons. The average molecular weight is 267 g/mol. The van der Waals surface area contributed by atoms with Crippen LogP contribution in [0.15, 0.2) is 24.3 Å². The molecule has 1 aromatic carbocycles. The lowest BCUT2D eigenvalue weighted by atomic mass is 10.2. The Morgan fingerprint density at radius 3 is 2.68 bits per heavy atom. The molecule has 0 aliphatic heterocycles. The Balaban J connectivity index is 2.59. The highest BCUT2D eigenvalue weighted by atomic mass is 16.5. The minimum Gasteiger partial charge on any atom is -0.490 e. The maximum atomic E-state index is 11.9. The van der Waals surface area contributed by atoms with Crippen molar-refractivity contribution in [1.29, 1.82) is 0 Å². The Morgan fingerprint density at radius 2 is 2.00 bits per heavy atom. The summed E-state index contributed by atoms with van der Waals surface area (Å²) in [7, 11) is 1.56. The third-order valence-electron chi connectivity index (χ3n) is 2.30. The van der Waals surface area contributed by atoms with Gasteiger partial charge in [0.05, 0.1) is 18.6 Å². The van der Waals surface area contributed by atoms with Crippen molar-refractivity contribution in [2.75, 3.05) is 26.9 Å². The van der Waals surface area contributed by atoms with Gasteiger partial charge in [-0.3, -0.25) is 9.59 Å². The molecule has 1 amide bonds. The predicted octanol–water partition coefficient (Wildman–Crippen LogP) is 0.916. The average Bonchev–Trinajstić information content (AvgIpc) is 2.39. The Morgan fingerprint density at radius 1 is 1.26 bits per heavy atom. The Labute approximate surface area is 111 Å². The van der Waals surface area contributed by atoms with Crippen LogP contribution < -0.4 is 10.1 Å². The first-order valence-corrected chi connectivity index (χ1v) is 5.86. The lowest BCUT2D eigenvalue weighted by Gasteiger charge is -2.10. The largest absolute Gasteiger partial charge is 0.490 e. The summed E-state index contributed by atoms with van der Waals surface area (Å²) < 4.78 is 10.3. The van der Waals surface area contributed by atoms with Crippen LogP contribution in [-0.2, 0) is 9.53 Å². The van der Waals surface area contributed by atoms with Crippen molar-refractivity contribution in [3.05, 3.63) is 29.8 Å². The van der Waals surface area contributed by atoms with Gasteiger partial charge in [0.2, 0.25) is 0 Å². The first-order valence-electron chi connectivity index (χ1n) is 5.86. The topological polar surface area (TPSA) is 84.9 Å². The number of ether oxygens (including phenoxy) is 2. The fourth-order valence-electron chi connectivity index (χ4n) is 1.39. The van der Waals surface area contributed by atoms with Crippen molar-refractivity contribution >= 4 is 11.9 Å². The highest BCUT2D eigenvalue weighted by Gasteiger charge is 2.11. The smallest absolute Gasteiger partial charge is 0.305 e. The van der Waals surface area contributed by atoms with Gasteiger partial charge in [-0.05, 0) is 12.1 Å². The normalized spacial score (nSPS) is 9.95. The van der Waals surface area contributed by atoms with Gasteiger partial charge in [-0.15, -0.1) is 0 Å². The number of amides is 1. The summed E-state index contributed by atoms with van der Waals surface area (Å²) in [4.78, 5) is 22.2. The number of benzene rings is 1. The summed E-state index contributed by atoms with van der Waals surface area (Å²) in [5.74, 6) is -0.855. The summed E-state index contributed by atoms with van der Waals surface area (Å²) in [6.45, 7) is 0.853. The van der Waals surface area contributed by atoms with Gasteiger partial charge in [0, 0.05) is 13.7 Å². The van der Waals surface area contributed by atoms with E-state index < -0.39 is 5.97 Å². The molecular weight excluding hydrogens is 250 g/mol. The van der Waals surface area contributed by atoms with Crippen LogP contribution in [0, 0.1) is 0 Å². The van der Waals surface area contributed by atoms with Crippen LogP contribution in [0.1, 0.15) is 16.8 Å².